The van der Waals surface area contributed by atoms with Crippen molar-refractivity contribution in [3.63, 3.8) is 0 Å². The predicted octanol–water partition coefficient (Wildman–Crippen LogP) is 4.35. The number of rotatable bonds is 3. The van der Waals surface area contributed by atoms with Gasteiger partial charge in [-0.3, -0.25) is 0 Å². The SMILES string of the molecule is O=C(O)c1cccc(C#CNc2ccc3nc[nH]c3c2)c1-c1ccccc1. The van der Waals surface area contributed by atoms with Crippen LogP contribution in [-0.2, 0) is 0 Å². The normalized spacial score (nSPS) is 10.2. The van der Waals surface area contributed by atoms with Crippen LogP contribution in [0.4, 0.5) is 5.69 Å². The summed E-state index contributed by atoms with van der Waals surface area (Å²) >= 11 is 0. The topological polar surface area (TPSA) is 78.0 Å². The van der Waals surface area contributed by atoms with Gasteiger partial charge in [-0.2, -0.15) is 0 Å². The Bertz CT molecular complexity index is 1180. The van der Waals surface area contributed by atoms with Crippen molar-refractivity contribution in [3.8, 4) is 23.1 Å². The second-order valence-electron chi connectivity index (χ2n) is 5.91. The van der Waals surface area contributed by atoms with Crippen molar-refractivity contribution >= 4 is 22.7 Å². The number of aromatic nitrogens is 2. The summed E-state index contributed by atoms with van der Waals surface area (Å²) in [6.45, 7) is 0. The molecule has 1 aromatic heterocycles. The van der Waals surface area contributed by atoms with E-state index in [1.807, 2.05) is 54.6 Å². The van der Waals surface area contributed by atoms with E-state index in [1.165, 1.54) is 0 Å². The van der Waals surface area contributed by atoms with Gasteiger partial charge < -0.3 is 15.4 Å². The molecule has 0 aliphatic rings. The molecule has 0 atom stereocenters. The predicted molar refractivity (Wildman–Crippen MR) is 105 cm³/mol. The van der Waals surface area contributed by atoms with E-state index in [-0.39, 0.29) is 5.56 Å². The standard InChI is InChI=1S/C22H15N3O2/c26-22(27)18-8-4-7-16(21(18)15-5-2-1-3-6-15)11-12-23-17-9-10-19-20(13-17)25-14-24-19/h1-10,13-14,23H,(H,24,25)(H,26,27). The highest BCUT2D eigenvalue weighted by Gasteiger charge is 2.14. The van der Waals surface area contributed by atoms with Crippen molar-refractivity contribution in [1.82, 2.24) is 9.97 Å². The maximum atomic E-state index is 11.7. The van der Waals surface area contributed by atoms with Crippen LogP contribution < -0.4 is 5.32 Å². The quantitative estimate of drug-likeness (QED) is 0.378. The maximum absolute atomic E-state index is 11.7. The number of H-pyrrole nitrogens is 1. The van der Waals surface area contributed by atoms with Crippen molar-refractivity contribution in [2.75, 3.05) is 5.32 Å². The zero-order valence-corrected chi connectivity index (χ0v) is 14.2. The number of hydrogen-bond donors (Lipinski definition) is 3. The van der Waals surface area contributed by atoms with Crippen molar-refractivity contribution in [2.45, 2.75) is 0 Å². The van der Waals surface area contributed by atoms with Gasteiger partial charge in [-0.1, -0.05) is 36.4 Å². The molecule has 5 nitrogen and oxygen atoms in total. The van der Waals surface area contributed by atoms with Gasteiger partial charge in [0.1, 0.15) is 0 Å². The van der Waals surface area contributed by atoms with E-state index in [2.05, 4.69) is 27.2 Å². The Morgan fingerprint density at radius 1 is 1.04 bits per heavy atom. The summed E-state index contributed by atoms with van der Waals surface area (Å²) in [5.41, 5.74) is 4.94. The molecular formula is C22H15N3O2. The Morgan fingerprint density at radius 3 is 2.70 bits per heavy atom. The van der Waals surface area contributed by atoms with Gasteiger partial charge in [0.05, 0.1) is 22.9 Å². The number of nitrogens with one attached hydrogen (secondary N) is 2. The lowest BCUT2D eigenvalue weighted by Crippen LogP contribution is -2.01. The molecule has 0 spiro atoms. The molecule has 0 radical (unpaired) electrons. The number of carboxylic acid groups (broad SMARTS) is 1. The second-order valence-corrected chi connectivity index (χ2v) is 5.91. The molecule has 4 aromatic rings. The molecule has 0 bridgehead atoms. The van der Waals surface area contributed by atoms with Crippen molar-refractivity contribution in [1.29, 1.82) is 0 Å². The number of aromatic carboxylic acids is 1. The van der Waals surface area contributed by atoms with Crippen LogP contribution in [0.1, 0.15) is 15.9 Å². The number of anilines is 1. The maximum Gasteiger partial charge on any atom is 0.336 e. The van der Waals surface area contributed by atoms with Gasteiger partial charge in [0.25, 0.3) is 0 Å². The van der Waals surface area contributed by atoms with E-state index in [9.17, 15) is 9.90 Å². The molecule has 0 saturated heterocycles. The summed E-state index contributed by atoms with van der Waals surface area (Å²) in [5, 5.41) is 12.6. The van der Waals surface area contributed by atoms with Gasteiger partial charge in [-0.05, 0) is 41.8 Å². The van der Waals surface area contributed by atoms with Crippen LogP contribution >= 0.6 is 0 Å². The number of nitrogens with zero attached hydrogens (tertiary/aromatic N) is 1. The molecule has 130 valence electrons. The summed E-state index contributed by atoms with van der Waals surface area (Å²) in [7, 11) is 0. The Balaban J connectivity index is 1.71. The van der Waals surface area contributed by atoms with Crippen molar-refractivity contribution in [2.24, 2.45) is 0 Å². The number of benzene rings is 3. The molecule has 0 aliphatic heterocycles. The Kier molecular flexibility index (Phi) is 4.30. The first-order valence-corrected chi connectivity index (χ1v) is 8.34. The third-order valence-electron chi connectivity index (χ3n) is 4.18. The molecule has 5 heteroatoms. The highest BCUT2D eigenvalue weighted by atomic mass is 16.4. The van der Waals surface area contributed by atoms with E-state index < -0.39 is 5.97 Å². The van der Waals surface area contributed by atoms with Crippen LogP contribution in [0.3, 0.4) is 0 Å². The minimum Gasteiger partial charge on any atom is -0.478 e. The van der Waals surface area contributed by atoms with E-state index in [0.717, 1.165) is 22.3 Å². The highest BCUT2D eigenvalue weighted by Crippen LogP contribution is 2.27. The molecule has 3 aromatic carbocycles. The summed E-state index contributed by atoms with van der Waals surface area (Å²) in [6, 6.07) is 23.2. The fraction of sp³-hybridized carbons (Fsp3) is 0. The molecule has 0 saturated carbocycles. The van der Waals surface area contributed by atoms with Gasteiger partial charge in [-0.15, -0.1) is 0 Å². The zero-order valence-electron chi connectivity index (χ0n) is 14.2. The fourth-order valence-electron chi connectivity index (χ4n) is 2.93. The summed E-state index contributed by atoms with van der Waals surface area (Å²) in [4.78, 5) is 18.9. The average Bonchev–Trinajstić information content (AvgIpc) is 3.16. The summed E-state index contributed by atoms with van der Waals surface area (Å²) in [6.07, 6.45) is 1.64. The van der Waals surface area contributed by atoms with Gasteiger partial charge >= 0.3 is 5.97 Å². The van der Waals surface area contributed by atoms with E-state index in [0.29, 0.717) is 11.1 Å². The summed E-state index contributed by atoms with van der Waals surface area (Å²) < 4.78 is 0. The number of imidazole rings is 1. The Morgan fingerprint density at radius 2 is 1.89 bits per heavy atom. The number of carbonyl (C=O) groups is 1. The minimum atomic E-state index is -0.977. The lowest BCUT2D eigenvalue weighted by molar-refractivity contribution is 0.0697. The van der Waals surface area contributed by atoms with Crippen molar-refractivity contribution < 1.29 is 9.90 Å². The van der Waals surface area contributed by atoms with Crippen LogP contribution in [-0.4, -0.2) is 21.0 Å². The van der Waals surface area contributed by atoms with Crippen LogP contribution in [0.15, 0.2) is 73.1 Å². The molecular weight excluding hydrogens is 338 g/mol. The molecule has 0 aliphatic carbocycles. The van der Waals surface area contributed by atoms with Gasteiger partial charge in [-0.25, -0.2) is 9.78 Å². The highest BCUT2D eigenvalue weighted by molar-refractivity contribution is 5.97. The van der Waals surface area contributed by atoms with Crippen LogP contribution in [0.25, 0.3) is 22.2 Å². The fourth-order valence-corrected chi connectivity index (χ4v) is 2.93. The lowest BCUT2D eigenvalue weighted by atomic mass is 9.94. The third-order valence-corrected chi connectivity index (χ3v) is 4.18. The smallest absolute Gasteiger partial charge is 0.336 e. The number of carboxylic acids is 1. The molecule has 0 unspecified atom stereocenters. The number of hydrogen-bond acceptors (Lipinski definition) is 3. The van der Waals surface area contributed by atoms with Gasteiger partial charge in [0.2, 0.25) is 0 Å². The first-order valence-electron chi connectivity index (χ1n) is 8.34. The van der Waals surface area contributed by atoms with Crippen LogP contribution in [0, 0.1) is 12.0 Å². The van der Waals surface area contributed by atoms with Gasteiger partial charge in [0, 0.05) is 22.9 Å². The first kappa shape index (κ1) is 16.4. The minimum absolute atomic E-state index is 0.229. The second kappa shape index (κ2) is 7.06. The zero-order chi connectivity index (χ0) is 18.6. The molecule has 0 fully saturated rings. The van der Waals surface area contributed by atoms with Crippen molar-refractivity contribution in [3.05, 3.63) is 84.2 Å². The molecule has 1 heterocycles. The largest absolute Gasteiger partial charge is 0.478 e. The first-order chi connectivity index (χ1) is 13.2. The van der Waals surface area contributed by atoms with E-state index in [1.54, 1.807) is 18.5 Å². The number of fused-ring (bicyclic) bond motifs is 1. The Hall–Kier alpha value is -4.04. The molecule has 0 amide bonds. The molecule has 4 rings (SSSR count). The number of aromatic amines is 1. The van der Waals surface area contributed by atoms with Crippen LogP contribution in [0.2, 0.25) is 0 Å². The monoisotopic (exact) mass is 353 g/mol. The van der Waals surface area contributed by atoms with Crippen LogP contribution in [0.5, 0.6) is 0 Å². The molecule has 27 heavy (non-hydrogen) atoms. The summed E-state index contributed by atoms with van der Waals surface area (Å²) in [5.74, 6) is 2.07. The van der Waals surface area contributed by atoms with Gasteiger partial charge in [0.15, 0.2) is 0 Å². The lowest BCUT2D eigenvalue weighted by Gasteiger charge is -2.09. The van der Waals surface area contributed by atoms with E-state index in [4.69, 9.17) is 0 Å². The average molecular weight is 353 g/mol. The third kappa shape index (κ3) is 3.37. The molecule has 3 N–H and O–H groups in total. The Labute approximate surface area is 155 Å². The van der Waals surface area contributed by atoms with E-state index >= 15 is 0 Å².